The molecular weight excluding hydrogens is 322 g/mol. The van der Waals surface area contributed by atoms with Gasteiger partial charge in [0, 0.05) is 24.8 Å². The van der Waals surface area contributed by atoms with Gasteiger partial charge < -0.3 is 24.6 Å². The van der Waals surface area contributed by atoms with Crippen LogP contribution in [0, 0.1) is 0 Å². The molecule has 134 valence electrons. The summed E-state index contributed by atoms with van der Waals surface area (Å²) in [5.74, 6) is 0.436. The van der Waals surface area contributed by atoms with E-state index in [2.05, 4.69) is 9.97 Å². The molecule has 0 fully saturated rings. The maximum atomic E-state index is 9.11. The average molecular weight is 345 g/mol. The van der Waals surface area contributed by atoms with Gasteiger partial charge in [-0.05, 0) is 23.8 Å². The van der Waals surface area contributed by atoms with Crippen molar-refractivity contribution in [2.75, 3.05) is 45.4 Å². The summed E-state index contributed by atoms with van der Waals surface area (Å²) < 4.78 is 10.2. The molecule has 0 aliphatic carbocycles. The van der Waals surface area contributed by atoms with E-state index in [0.717, 1.165) is 11.3 Å². The summed E-state index contributed by atoms with van der Waals surface area (Å²) in [6.07, 6.45) is 3.77. The van der Waals surface area contributed by atoms with Crippen LogP contribution in [0.2, 0.25) is 0 Å². The first-order valence-electron chi connectivity index (χ1n) is 7.92. The number of nitrogens with zero attached hydrogens (tertiary/aromatic N) is 3. The fourth-order valence-corrected chi connectivity index (χ4v) is 2.29. The minimum atomic E-state index is 0.0407. The average Bonchev–Trinajstić information content (AvgIpc) is 2.66. The first-order chi connectivity index (χ1) is 12.2. The number of anilines is 1. The maximum absolute atomic E-state index is 9.11. The molecule has 0 atom stereocenters. The zero-order chi connectivity index (χ0) is 18.1. The van der Waals surface area contributed by atoms with E-state index in [1.54, 1.807) is 13.2 Å². The summed E-state index contributed by atoms with van der Waals surface area (Å²) in [6.45, 7) is 1.05. The number of methoxy groups -OCH3 is 2. The molecule has 1 aromatic heterocycles. The van der Waals surface area contributed by atoms with Gasteiger partial charge in [0.15, 0.2) is 0 Å². The summed E-state index contributed by atoms with van der Waals surface area (Å²) in [4.78, 5) is 10.2. The molecule has 2 aromatic rings. The van der Waals surface area contributed by atoms with E-state index in [1.807, 2.05) is 41.3 Å². The zero-order valence-corrected chi connectivity index (χ0v) is 14.4. The number of hydrogen-bond donors (Lipinski definition) is 2. The second-order valence-electron chi connectivity index (χ2n) is 5.18. The Bertz CT molecular complexity index is 661. The standard InChI is InChI=1S/C18H23N3O4/c1-24-17-13-15(19-18(20-17)25-2)6-3-14-4-7-16(8-5-14)21(9-11-22)10-12-23/h3-8,13,22-23H,9-12H2,1-2H3/b6-3+. The molecule has 7 nitrogen and oxygen atoms in total. The topological polar surface area (TPSA) is 87.9 Å². The monoisotopic (exact) mass is 345 g/mol. The number of aliphatic hydroxyl groups excluding tert-OH is 2. The Balaban J connectivity index is 2.13. The molecule has 0 aliphatic heterocycles. The van der Waals surface area contributed by atoms with Crippen molar-refractivity contribution < 1.29 is 19.7 Å². The highest BCUT2D eigenvalue weighted by molar-refractivity contribution is 5.69. The third kappa shape index (κ3) is 5.44. The molecule has 2 N–H and O–H groups in total. The van der Waals surface area contributed by atoms with E-state index < -0.39 is 0 Å². The highest BCUT2D eigenvalue weighted by Gasteiger charge is 2.05. The third-order valence-electron chi connectivity index (χ3n) is 3.54. The van der Waals surface area contributed by atoms with Crippen LogP contribution in [0.25, 0.3) is 12.2 Å². The van der Waals surface area contributed by atoms with E-state index in [-0.39, 0.29) is 19.2 Å². The van der Waals surface area contributed by atoms with Crippen molar-refractivity contribution in [3.8, 4) is 11.9 Å². The van der Waals surface area contributed by atoms with Crippen LogP contribution >= 0.6 is 0 Å². The molecule has 7 heteroatoms. The third-order valence-corrected chi connectivity index (χ3v) is 3.54. The number of ether oxygens (including phenoxy) is 2. The Morgan fingerprint density at radius 3 is 2.20 bits per heavy atom. The molecule has 0 saturated carbocycles. The fraction of sp³-hybridized carbons (Fsp3) is 0.333. The Kier molecular flexibility index (Phi) is 7.18. The van der Waals surface area contributed by atoms with Gasteiger partial charge in [0.2, 0.25) is 5.88 Å². The Labute approximate surface area is 147 Å². The normalized spacial score (nSPS) is 10.9. The van der Waals surface area contributed by atoms with E-state index in [0.29, 0.717) is 24.7 Å². The smallest absolute Gasteiger partial charge is 0.319 e. The van der Waals surface area contributed by atoms with Crippen LogP contribution in [-0.2, 0) is 0 Å². The molecule has 1 aromatic carbocycles. The number of rotatable bonds is 9. The minimum absolute atomic E-state index is 0.0407. The Hall–Kier alpha value is -2.64. The van der Waals surface area contributed by atoms with Gasteiger partial charge in [0.05, 0.1) is 33.1 Å². The molecule has 0 aliphatic rings. The van der Waals surface area contributed by atoms with Crippen LogP contribution in [0.1, 0.15) is 11.3 Å². The Morgan fingerprint density at radius 1 is 0.960 bits per heavy atom. The van der Waals surface area contributed by atoms with Gasteiger partial charge in [0.1, 0.15) is 0 Å². The molecule has 0 spiro atoms. The minimum Gasteiger partial charge on any atom is -0.481 e. The second-order valence-corrected chi connectivity index (χ2v) is 5.18. The fourth-order valence-electron chi connectivity index (χ4n) is 2.29. The van der Waals surface area contributed by atoms with Gasteiger partial charge >= 0.3 is 6.01 Å². The van der Waals surface area contributed by atoms with Gasteiger partial charge in [-0.1, -0.05) is 18.2 Å². The van der Waals surface area contributed by atoms with E-state index >= 15 is 0 Å². The summed E-state index contributed by atoms with van der Waals surface area (Å²) in [7, 11) is 3.05. The predicted octanol–water partition coefficient (Wildman–Crippen LogP) is 1.46. The maximum Gasteiger partial charge on any atom is 0.319 e. The van der Waals surface area contributed by atoms with Crippen molar-refractivity contribution >= 4 is 17.8 Å². The highest BCUT2D eigenvalue weighted by atomic mass is 16.5. The molecule has 0 saturated heterocycles. The lowest BCUT2D eigenvalue weighted by Gasteiger charge is -2.22. The first kappa shape index (κ1) is 18.7. The molecule has 0 unspecified atom stereocenters. The van der Waals surface area contributed by atoms with Crippen LogP contribution in [0.4, 0.5) is 5.69 Å². The van der Waals surface area contributed by atoms with E-state index in [1.165, 1.54) is 7.11 Å². The van der Waals surface area contributed by atoms with Crippen molar-refractivity contribution in [3.63, 3.8) is 0 Å². The SMILES string of the molecule is COc1cc(/C=C/c2ccc(N(CCO)CCO)cc2)nc(OC)n1. The molecule has 0 bridgehead atoms. The summed E-state index contributed by atoms with van der Waals surface area (Å²) in [5, 5.41) is 18.2. The van der Waals surface area contributed by atoms with Crippen molar-refractivity contribution in [1.82, 2.24) is 9.97 Å². The first-order valence-corrected chi connectivity index (χ1v) is 7.92. The summed E-state index contributed by atoms with van der Waals surface area (Å²) >= 11 is 0. The van der Waals surface area contributed by atoms with Gasteiger partial charge in [-0.25, -0.2) is 0 Å². The second kappa shape index (κ2) is 9.61. The number of hydrogen-bond acceptors (Lipinski definition) is 7. The van der Waals surface area contributed by atoms with Gasteiger partial charge in [-0.15, -0.1) is 0 Å². The highest BCUT2D eigenvalue weighted by Crippen LogP contribution is 2.18. The van der Waals surface area contributed by atoms with Gasteiger partial charge in [-0.2, -0.15) is 9.97 Å². The molecule has 2 rings (SSSR count). The Morgan fingerprint density at radius 2 is 1.64 bits per heavy atom. The molecule has 1 heterocycles. The largest absolute Gasteiger partial charge is 0.481 e. The van der Waals surface area contributed by atoms with Crippen molar-refractivity contribution in [2.24, 2.45) is 0 Å². The summed E-state index contributed by atoms with van der Waals surface area (Å²) in [5.41, 5.74) is 2.62. The van der Waals surface area contributed by atoms with Gasteiger partial charge in [0.25, 0.3) is 0 Å². The molecule has 0 amide bonds. The predicted molar refractivity (Wildman–Crippen MR) is 96.9 cm³/mol. The van der Waals surface area contributed by atoms with Crippen LogP contribution in [0.3, 0.4) is 0 Å². The zero-order valence-electron chi connectivity index (χ0n) is 14.4. The lowest BCUT2D eigenvalue weighted by molar-refractivity contribution is 0.281. The number of aromatic nitrogens is 2. The molecule has 0 radical (unpaired) electrons. The van der Waals surface area contributed by atoms with Gasteiger partial charge in [-0.3, -0.25) is 0 Å². The van der Waals surface area contributed by atoms with Crippen LogP contribution in [0.15, 0.2) is 30.3 Å². The molecule has 25 heavy (non-hydrogen) atoms. The van der Waals surface area contributed by atoms with Crippen LogP contribution in [0.5, 0.6) is 11.9 Å². The van der Waals surface area contributed by atoms with Crippen LogP contribution < -0.4 is 14.4 Å². The number of benzene rings is 1. The van der Waals surface area contributed by atoms with Crippen molar-refractivity contribution in [1.29, 1.82) is 0 Å². The summed E-state index contributed by atoms with van der Waals surface area (Å²) in [6, 6.07) is 9.79. The van der Waals surface area contributed by atoms with Crippen LogP contribution in [-0.4, -0.2) is 60.7 Å². The van der Waals surface area contributed by atoms with Crippen molar-refractivity contribution in [2.45, 2.75) is 0 Å². The van der Waals surface area contributed by atoms with E-state index in [9.17, 15) is 0 Å². The number of aliphatic hydroxyl groups is 2. The quantitative estimate of drug-likeness (QED) is 0.711. The lowest BCUT2D eigenvalue weighted by atomic mass is 10.1. The van der Waals surface area contributed by atoms with E-state index in [4.69, 9.17) is 19.7 Å². The lowest BCUT2D eigenvalue weighted by Crippen LogP contribution is -2.29. The molecular formula is C18H23N3O4. The van der Waals surface area contributed by atoms with Crippen molar-refractivity contribution in [3.05, 3.63) is 41.6 Å².